The molecule has 0 rings (SSSR count). The van der Waals surface area contributed by atoms with Crippen LogP contribution in [-0.2, 0) is 60.7 Å². The minimum absolute atomic E-state index is 0. The number of hydrogen-bond donors (Lipinski definition) is 0. The zero-order chi connectivity index (χ0) is 13.5. The van der Waals surface area contributed by atoms with Gasteiger partial charge in [-0.25, -0.2) is 0 Å². The van der Waals surface area contributed by atoms with E-state index in [0.29, 0.717) is 0 Å². The first kappa shape index (κ1) is 37.7. The van der Waals surface area contributed by atoms with Crippen LogP contribution in [-0.4, -0.2) is 125 Å². The van der Waals surface area contributed by atoms with E-state index in [1.807, 2.05) is 0 Å². The molecule has 0 amide bonds. The predicted molar refractivity (Wildman–Crippen MR) is 70.7 cm³/mol. The molecule has 0 aromatic heterocycles. The van der Waals surface area contributed by atoms with Gasteiger partial charge in [-0.2, -0.15) is 0 Å². The average molecular weight is 565 g/mol. The second kappa shape index (κ2) is 17.0. The van der Waals surface area contributed by atoms with Crippen molar-refractivity contribution in [3.8, 4) is 0 Å². The molecule has 9 nitrogen and oxygen atoms in total. The van der Waals surface area contributed by atoms with Gasteiger partial charge < -0.3 is 30.2 Å². The standard InChI is InChI=1S/2Ga.3H2O3S2.Sr.2H/c;;3*1-5(2,3)4;;;/h;;3*(H2,1,2,3,4);;;/q2*+3;;;;+2;2*-1/p-6. The molecule has 100 valence electrons. The Bertz CT molecular complexity index is 359. The van der Waals surface area contributed by atoms with Crippen LogP contribution in [0.3, 0.4) is 0 Å². The summed E-state index contributed by atoms with van der Waals surface area (Å²) in [6.07, 6.45) is 0. The zero-order valence-corrected chi connectivity index (χ0v) is 21.2. The summed E-state index contributed by atoms with van der Waals surface area (Å²) in [6, 6.07) is 0. The Morgan fingerprint density at radius 3 is 0.611 bits per heavy atom. The summed E-state index contributed by atoms with van der Waals surface area (Å²) in [5, 5.41) is 0. The molecule has 0 aromatic rings. The van der Waals surface area contributed by atoms with Gasteiger partial charge in [0.15, 0.2) is 0 Å². The van der Waals surface area contributed by atoms with E-state index >= 15 is 0 Å². The van der Waals surface area contributed by atoms with Gasteiger partial charge in [-0.15, -0.1) is 27.2 Å². The van der Waals surface area contributed by atoms with Crippen LogP contribution in [0.4, 0.5) is 0 Å². The van der Waals surface area contributed by atoms with Crippen LogP contribution in [0.1, 0.15) is 2.85 Å². The van der Waals surface area contributed by atoms with E-state index in [9.17, 15) is 0 Å². The topological polar surface area (TPSA) is 190 Å². The molecule has 0 aliphatic heterocycles. The average Bonchev–Trinajstić information content (AvgIpc) is 1.41. The van der Waals surface area contributed by atoms with Crippen molar-refractivity contribution in [3.05, 3.63) is 0 Å². The van der Waals surface area contributed by atoms with E-state index < -0.39 is 27.2 Å². The van der Waals surface area contributed by atoms with Crippen molar-refractivity contribution in [2.75, 3.05) is 0 Å². The Kier molecular flexibility index (Phi) is 35.6. The molecule has 0 fully saturated rings. The molecule has 0 bridgehead atoms. The van der Waals surface area contributed by atoms with Crippen LogP contribution in [0, 0.1) is 0 Å². The maximum atomic E-state index is 8.89. The van der Waals surface area contributed by atoms with Gasteiger partial charge in [-0.3, -0.25) is 12.6 Å². The van der Waals surface area contributed by atoms with Crippen molar-refractivity contribution < 1.29 is 42.8 Å². The third-order valence-electron chi connectivity index (χ3n) is 0. The van der Waals surface area contributed by atoms with E-state index in [-0.39, 0.29) is 87.9 Å². The summed E-state index contributed by atoms with van der Waals surface area (Å²) in [5.41, 5.74) is 0. The van der Waals surface area contributed by atoms with Crippen molar-refractivity contribution in [2.24, 2.45) is 0 Å². The maximum absolute atomic E-state index is 8.89. The summed E-state index contributed by atoms with van der Waals surface area (Å²) < 4.78 is 80.0. The van der Waals surface area contributed by atoms with Crippen molar-refractivity contribution >= 4 is 146 Å². The normalized spacial score (nSPS) is 9.67. The van der Waals surface area contributed by atoms with Crippen molar-refractivity contribution in [1.82, 2.24) is 0 Å². The largest absolute Gasteiger partial charge is 3.00 e. The summed E-state index contributed by atoms with van der Waals surface area (Å²) >= 11 is 9.73. The van der Waals surface area contributed by atoms with Crippen molar-refractivity contribution in [3.63, 3.8) is 0 Å². The Balaban J connectivity index is -0.0000000160. The molecule has 0 spiro atoms. The molecular formula is H2Ga2O9S6Sr. The van der Waals surface area contributed by atoms with Crippen LogP contribution in [0.25, 0.3) is 0 Å². The Morgan fingerprint density at radius 1 is 0.611 bits per heavy atom. The Labute approximate surface area is 185 Å². The van der Waals surface area contributed by atoms with Gasteiger partial charge in [-0.05, 0) is 33.6 Å². The fourth-order valence-electron chi connectivity index (χ4n) is 0. The molecule has 0 radical (unpaired) electrons. The molecule has 0 aliphatic carbocycles. The van der Waals surface area contributed by atoms with Crippen molar-refractivity contribution in [1.29, 1.82) is 0 Å². The minimum atomic E-state index is -4.33. The van der Waals surface area contributed by atoms with Gasteiger partial charge in [0.1, 0.15) is 0 Å². The molecule has 0 aromatic carbocycles. The maximum Gasteiger partial charge on any atom is 3.00 e. The van der Waals surface area contributed by atoms with E-state index in [1.165, 1.54) is 0 Å². The van der Waals surface area contributed by atoms with Crippen LogP contribution in [0.2, 0.25) is 0 Å². The Hall–Kier alpha value is 3.62. The number of hydrogen-bond acceptors (Lipinski definition) is 12. The van der Waals surface area contributed by atoms with E-state index in [2.05, 4.69) is 33.6 Å². The third kappa shape index (κ3) is 518. The molecule has 0 saturated carbocycles. The molecule has 0 unspecified atom stereocenters. The first-order valence-corrected chi connectivity index (χ1v) is 9.00. The predicted octanol–water partition coefficient (Wildman–Crippen LogP) is -3.94. The molecule has 18 heavy (non-hydrogen) atoms. The second-order valence-corrected chi connectivity index (χ2v) is 7.35. The first-order chi connectivity index (χ1) is 6.00. The zero-order valence-electron chi connectivity index (χ0n) is 9.99. The second-order valence-electron chi connectivity index (χ2n) is 1.22. The van der Waals surface area contributed by atoms with Crippen molar-refractivity contribution in [2.45, 2.75) is 0 Å². The smallest absolute Gasteiger partial charge is 1.00 e. The fourth-order valence-corrected chi connectivity index (χ4v) is 0. The van der Waals surface area contributed by atoms with Gasteiger partial charge in [0.25, 0.3) is 0 Å². The number of rotatable bonds is 0. The fraction of sp³-hybridized carbons (Fsp3) is 0. The molecule has 0 atom stereocenters. The van der Waals surface area contributed by atoms with E-state index in [4.69, 9.17) is 39.9 Å². The van der Waals surface area contributed by atoms with E-state index in [0.717, 1.165) is 0 Å². The van der Waals surface area contributed by atoms with Gasteiger partial charge in [0.2, 0.25) is 0 Å². The molecular weight excluding hydrogens is 563 g/mol. The first-order valence-electron chi connectivity index (χ1n) is 2.00. The minimum Gasteiger partial charge on any atom is -1.00 e. The Morgan fingerprint density at radius 2 is 0.611 bits per heavy atom. The summed E-state index contributed by atoms with van der Waals surface area (Å²) in [4.78, 5) is 0. The molecule has 18 heteroatoms. The summed E-state index contributed by atoms with van der Waals surface area (Å²) in [7, 11) is -13.0. The van der Waals surface area contributed by atoms with Crippen LogP contribution in [0.15, 0.2) is 0 Å². The molecule has 0 N–H and O–H groups in total. The van der Waals surface area contributed by atoms with E-state index in [1.54, 1.807) is 0 Å². The third-order valence-corrected chi connectivity index (χ3v) is 0. The molecule has 0 saturated heterocycles. The van der Waals surface area contributed by atoms with Crippen LogP contribution < -0.4 is 0 Å². The van der Waals surface area contributed by atoms with Gasteiger partial charge in [-0.1, -0.05) is 0 Å². The SMILES string of the molecule is O=S([O-])([O-])=S.O=S([O-])([O-])=S.O=S([O-])([O-])=S.[Ga+3].[Ga+3].[H-].[H-].[Sr+2]. The van der Waals surface area contributed by atoms with Gasteiger partial charge >= 0.3 is 85.1 Å². The molecule has 0 heterocycles. The quantitative estimate of drug-likeness (QED) is 0.260. The summed E-state index contributed by atoms with van der Waals surface area (Å²) in [5.74, 6) is 0. The van der Waals surface area contributed by atoms with Crippen LogP contribution >= 0.6 is 0 Å². The van der Waals surface area contributed by atoms with Gasteiger partial charge in [0, 0.05) is 0 Å². The molecule has 0 aliphatic rings. The summed E-state index contributed by atoms with van der Waals surface area (Å²) in [6.45, 7) is 0. The van der Waals surface area contributed by atoms with Crippen LogP contribution in [0.5, 0.6) is 0 Å². The van der Waals surface area contributed by atoms with Gasteiger partial charge in [0.05, 0.1) is 0 Å². The monoisotopic (exact) mass is 564 g/mol.